The quantitative estimate of drug-likeness (QED) is 0.881. The van der Waals surface area contributed by atoms with Crippen molar-refractivity contribution in [2.75, 3.05) is 6.61 Å². The number of H-pyrrole nitrogens is 1. The highest BCUT2D eigenvalue weighted by molar-refractivity contribution is 9.10. The molecular formula is C13H12BrNO4. The number of aromatic nitrogens is 1. The van der Waals surface area contributed by atoms with Gasteiger partial charge in [0.05, 0.1) is 6.61 Å². The van der Waals surface area contributed by atoms with Crippen molar-refractivity contribution in [1.82, 2.24) is 4.98 Å². The molecule has 5 nitrogen and oxygen atoms in total. The maximum Gasteiger partial charge on any atom is 0.358 e. The lowest BCUT2D eigenvalue weighted by atomic mass is 10.2. The molecule has 6 heteroatoms. The fourth-order valence-corrected chi connectivity index (χ4v) is 2.10. The number of fused-ring (bicyclic) bond motifs is 1. The first kappa shape index (κ1) is 13.6. The van der Waals surface area contributed by atoms with E-state index in [-0.39, 0.29) is 18.1 Å². The van der Waals surface area contributed by atoms with Gasteiger partial charge in [0.25, 0.3) is 0 Å². The number of ether oxygens (including phenoxy) is 2. The van der Waals surface area contributed by atoms with Gasteiger partial charge in [-0.2, -0.15) is 0 Å². The average molecular weight is 326 g/mol. The summed E-state index contributed by atoms with van der Waals surface area (Å²) < 4.78 is 10.9. The second kappa shape index (κ2) is 5.44. The third kappa shape index (κ3) is 2.78. The Hall–Kier alpha value is -1.82. The van der Waals surface area contributed by atoms with E-state index in [4.69, 9.17) is 9.47 Å². The second-order valence-electron chi connectivity index (χ2n) is 3.83. The van der Waals surface area contributed by atoms with E-state index in [1.807, 2.05) is 6.07 Å². The number of hydrogen-bond acceptors (Lipinski definition) is 4. The first-order chi connectivity index (χ1) is 9.02. The molecule has 0 saturated carbocycles. The predicted molar refractivity (Wildman–Crippen MR) is 73.3 cm³/mol. The van der Waals surface area contributed by atoms with E-state index in [9.17, 15) is 9.59 Å². The fourth-order valence-electron chi connectivity index (χ4n) is 1.74. The SMILES string of the molecule is CCOC(=O)c1[nH]c2ccc(Br)cc2c1OC(C)=O. The van der Waals surface area contributed by atoms with Crippen LogP contribution in [-0.4, -0.2) is 23.5 Å². The van der Waals surface area contributed by atoms with Crippen molar-refractivity contribution in [3.63, 3.8) is 0 Å². The van der Waals surface area contributed by atoms with Crippen LogP contribution >= 0.6 is 15.9 Å². The molecule has 1 aromatic carbocycles. The Bertz CT molecular complexity index is 647. The van der Waals surface area contributed by atoms with Crippen molar-refractivity contribution < 1.29 is 19.1 Å². The Morgan fingerprint density at radius 3 is 2.74 bits per heavy atom. The third-order valence-electron chi connectivity index (χ3n) is 2.44. The molecular weight excluding hydrogens is 314 g/mol. The zero-order valence-corrected chi connectivity index (χ0v) is 12.0. The van der Waals surface area contributed by atoms with Crippen molar-refractivity contribution in [2.45, 2.75) is 13.8 Å². The molecule has 0 amide bonds. The van der Waals surface area contributed by atoms with Crippen LogP contribution in [0.15, 0.2) is 22.7 Å². The predicted octanol–water partition coefficient (Wildman–Crippen LogP) is 3.03. The molecule has 0 aliphatic rings. The molecule has 2 rings (SSSR count). The Kier molecular flexibility index (Phi) is 3.90. The number of benzene rings is 1. The van der Waals surface area contributed by atoms with E-state index < -0.39 is 11.9 Å². The molecule has 0 saturated heterocycles. The van der Waals surface area contributed by atoms with Crippen molar-refractivity contribution in [3.8, 4) is 5.75 Å². The summed E-state index contributed by atoms with van der Waals surface area (Å²) in [5.41, 5.74) is 0.840. The zero-order valence-electron chi connectivity index (χ0n) is 10.5. The van der Waals surface area contributed by atoms with Gasteiger partial charge in [-0.25, -0.2) is 4.79 Å². The van der Waals surface area contributed by atoms with Crippen molar-refractivity contribution in [2.24, 2.45) is 0 Å². The van der Waals surface area contributed by atoms with Gasteiger partial charge >= 0.3 is 11.9 Å². The Labute approximate surface area is 118 Å². The second-order valence-corrected chi connectivity index (χ2v) is 4.75. The van der Waals surface area contributed by atoms with Crippen LogP contribution in [0.1, 0.15) is 24.3 Å². The lowest BCUT2D eigenvalue weighted by molar-refractivity contribution is -0.131. The van der Waals surface area contributed by atoms with Crippen LogP contribution < -0.4 is 4.74 Å². The molecule has 19 heavy (non-hydrogen) atoms. The lowest BCUT2D eigenvalue weighted by Crippen LogP contribution is -2.09. The standard InChI is InChI=1S/C13H12BrNO4/c1-3-18-13(17)11-12(19-7(2)16)9-6-8(14)4-5-10(9)15-11/h4-6,15H,3H2,1-2H3. The summed E-state index contributed by atoms with van der Waals surface area (Å²) in [6.07, 6.45) is 0. The Morgan fingerprint density at radius 2 is 2.11 bits per heavy atom. The van der Waals surface area contributed by atoms with E-state index in [1.54, 1.807) is 19.1 Å². The molecule has 0 spiro atoms. The van der Waals surface area contributed by atoms with Gasteiger partial charge in [-0.05, 0) is 25.1 Å². The molecule has 1 aromatic heterocycles. The maximum absolute atomic E-state index is 11.8. The molecule has 0 radical (unpaired) electrons. The van der Waals surface area contributed by atoms with Crippen molar-refractivity contribution in [1.29, 1.82) is 0 Å². The summed E-state index contributed by atoms with van der Waals surface area (Å²) in [4.78, 5) is 25.9. The average Bonchev–Trinajstić information content (AvgIpc) is 2.67. The topological polar surface area (TPSA) is 68.4 Å². The number of halogens is 1. The summed E-state index contributed by atoms with van der Waals surface area (Å²) in [7, 11) is 0. The van der Waals surface area contributed by atoms with Crippen LogP contribution in [-0.2, 0) is 9.53 Å². The third-order valence-corrected chi connectivity index (χ3v) is 2.93. The van der Waals surface area contributed by atoms with Crippen molar-refractivity contribution in [3.05, 3.63) is 28.4 Å². The molecule has 0 aliphatic carbocycles. The van der Waals surface area contributed by atoms with Gasteiger partial charge in [-0.3, -0.25) is 4.79 Å². The van der Waals surface area contributed by atoms with Gasteiger partial charge in [0.2, 0.25) is 0 Å². The summed E-state index contributed by atoms with van der Waals surface area (Å²) in [5, 5.41) is 0.646. The van der Waals surface area contributed by atoms with E-state index >= 15 is 0 Å². The smallest absolute Gasteiger partial charge is 0.358 e. The zero-order chi connectivity index (χ0) is 14.0. The van der Waals surface area contributed by atoms with Crippen LogP contribution in [0.25, 0.3) is 10.9 Å². The van der Waals surface area contributed by atoms with Gasteiger partial charge in [0, 0.05) is 22.3 Å². The minimum absolute atomic E-state index is 0.144. The van der Waals surface area contributed by atoms with Gasteiger partial charge < -0.3 is 14.5 Å². The summed E-state index contributed by atoms with van der Waals surface area (Å²) in [6.45, 7) is 3.24. The van der Waals surface area contributed by atoms with Gasteiger partial charge in [-0.15, -0.1) is 0 Å². The van der Waals surface area contributed by atoms with Crippen LogP contribution in [0.3, 0.4) is 0 Å². The van der Waals surface area contributed by atoms with Gasteiger partial charge in [0.1, 0.15) is 0 Å². The van der Waals surface area contributed by atoms with Crippen LogP contribution in [0.5, 0.6) is 5.75 Å². The summed E-state index contributed by atoms with van der Waals surface area (Å²) >= 11 is 3.34. The van der Waals surface area contributed by atoms with Crippen LogP contribution in [0.4, 0.5) is 0 Å². The molecule has 0 aliphatic heterocycles. The Balaban J connectivity index is 2.61. The molecule has 0 unspecified atom stereocenters. The number of aromatic amines is 1. The molecule has 2 aromatic rings. The van der Waals surface area contributed by atoms with Gasteiger partial charge in [-0.1, -0.05) is 15.9 Å². The highest BCUT2D eigenvalue weighted by atomic mass is 79.9. The highest BCUT2D eigenvalue weighted by Crippen LogP contribution is 2.32. The summed E-state index contributed by atoms with van der Waals surface area (Å²) in [5.74, 6) is -0.847. The number of carbonyl (C=O) groups excluding carboxylic acids is 2. The molecule has 0 atom stereocenters. The molecule has 1 N–H and O–H groups in total. The fraction of sp³-hybridized carbons (Fsp3) is 0.231. The number of hydrogen-bond donors (Lipinski definition) is 1. The van der Waals surface area contributed by atoms with E-state index in [1.165, 1.54) is 6.92 Å². The molecule has 1 heterocycles. The highest BCUT2D eigenvalue weighted by Gasteiger charge is 2.21. The molecule has 0 fully saturated rings. The molecule has 0 bridgehead atoms. The molecule has 100 valence electrons. The van der Waals surface area contributed by atoms with E-state index in [0.717, 1.165) is 4.47 Å². The minimum Gasteiger partial charge on any atom is -0.461 e. The summed E-state index contributed by atoms with van der Waals surface area (Å²) in [6, 6.07) is 5.38. The minimum atomic E-state index is -0.550. The normalized spacial score (nSPS) is 10.5. The van der Waals surface area contributed by atoms with E-state index in [0.29, 0.717) is 10.9 Å². The van der Waals surface area contributed by atoms with E-state index in [2.05, 4.69) is 20.9 Å². The van der Waals surface area contributed by atoms with Crippen LogP contribution in [0.2, 0.25) is 0 Å². The number of nitrogens with one attached hydrogen (secondary N) is 1. The first-order valence-corrected chi connectivity index (χ1v) is 6.49. The number of esters is 2. The maximum atomic E-state index is 11.8. The first-order valence-electron chi connectivity index (χ1n) is 5.69. The number of carbonyl (C=O) groups is 2. The monoisotopic (exact) mass is 325 g/mol. The number of rotatable bonds is 3. The van der Waals surface area contributed by atoms with Gasteiger partial charge in [0.15, 0.2) is 11.4 Å². The van der Waals surface area contributed by atoms with Crippen molar-refractivity contribution >= 4 is 38.8 Å². The Morgan fingerprint density at radius 1 is 1.37 bits per heavy atom. The largest absolute Gasteiger partial charge is 0.461 e. The lowest BCUT2D eigenvalue weighted by Gasteiger charge is -2.03. The van der Waals surface area contributed by atoms with Crippen LogP contribution in [0, 0.1) is 0 Å².